The highest BCUT2D eigenvalue weighted by Gasteiger charge is 2.00. The summed E-state index contributed by atoms with van der Waals surface area (Å²) in [6.07, 6.45) is 0. The van der Waals surface area contributed by atoms with Crippen molar-refractivity contribution >= 4 is 5.96 Å². The molecule has 0 heterocycles. The molecular formula is C16H28N4O. The van der Waals surface area contributed by atoms with Gasteiger partial charge in [-0.1, -0.05) is 29.8 Å². The maximum Gasteiger partial charge on any atom is 0.191 e. The number of nitrogens with zero attached hydrogens (tertiary/aromatic N) is 2. The lowest BCUT2D eigenvalue weighted by atomic mass is 10.1. The minimum Gasteiger partial charge on any atom is -0.383 e. The fourth-order valence-corrected chi connectivity index (χ4v) is 1.95. The number of ether oxygens (including phenoxy) is 1. The Morgan fingerprint density at radius 1 is 1.29 bits per heavy atom. The number of hydrogen-bond acceptors (Lipinski definition) is 3. The average molecular weight is 292 g/mol. The third kappa shape index (κ3) is 7.68. The Balaban J connectivity index is 2.26. The molecule has 0 aliphatic heterocycles. The van der Waals surface area contributed by atoms with Gasteiger partial charge in [0.15, 0.2) is 5.96 Å². The summed E-state index contributed by atoms with van der Waals surface area (Å²) in [5, 5.41) is 6.64. The predicted octanol–water partition coefficient (Wildman–Crippen LogP) is 1.24. The average Bonchev–Trinajstić information content (AvgIpc) is 2.48. The van der Waals surface area contributed by atoms with Gasteiger partial charge in [-0.15, -0.1) is 0 Å². The van der Waals surface area contributed by atoms with Crippen molar-refractivity contribution in [1.82, 2.24) is 15.5 Å². The van der Waals surface area contributed by atoms with Crippen LogP contribution in [0.15, 0.2) is 29.3 Å². The second-order valence-corrected chi connectivity index (χ2v) is 5.14. The fraction of sp³-hybridized carbons (Fsp3) is 0.562. The van der Waals surface area contributed by atoms with Gasteiger partial charge in [0.25, 0.3) is 0 Å². The van der Waals surface area contributed by atoms with Crippen molar-refractivity contribution in [3.63, 3.8) is 0 Å². The van der Waals surface area contributed by atoms with Crippen LogP contribution in [-0.4, -0.2) is 58.3 Å². The Kier molecular flexibility index (Phi) is 8.47. The minimum atomic E-state index is 0.761. The zero-order chi connectivity index (χ0) is 15.5. The van der Waals surface area contributed by atoms with Crippen molar-refractivity contribution in [3.05, 3.63) is 35.4 Å². The van der Waals surface area contributed by atoms with Gasteiger partial charge in [0, 0.05) is 40.3 Å². The molecule has 0 fully saturated rings. The van der Waals surface area contributed by atoms with E-state index >= 15 is 0 Å². The standard InChI is InChI=1S/C16H28N4O/c1-14-6-5-7-15(12-14)13-19-16(17-2)18-8-9-20(3)10-11-21-4/h5-7,12H,8-11,13H2,1-4H3,(H2,17,18,19). The maximum absolute atomic E-state index is 5.06. The van der Waals surface area contributed by atoms with Crippen LogP contribution in [0.4, 0.5) is 0 Å². The molecule has 0 bridgehead atoms. The van der Waals surface area contributed by atoms with E-state index in [1.54, 1.807) is 14.2 Å². The molecule has 1 aromatic rings. The molecule has 0 radical (unpaired) electrons. The number of aliphatic imine (C=N–C) groups is 1. The van der Waals surface area contributed by atoms with Crippen LogP contribution < -0.4 is 10.6 Å². The first-order valence-electron chi connectivity index (χ1n) is 7.33. The van der Waals surface area contributed by atoms with Gasteiger partial charge >= 0.3 is 0 Å². The van der Waals surface area contributed by atoms with Gasteiger partial charge in [0.2, 0.25) is 0 Å². The number of rotatable bonds is 8. The lowest BCUT2D eigenvalue weighted by Gasteiger charge is -2.17. The normalized spacial score (nSPS) is 11.8. The Hall–Kier alpha value is -1.59. The number of guanidine groups is 1. The number of nitrogens with one attached hydrogen (secondary N) is 2. The van der Waals surface area contributed by atoms with E-state index in [4.69, 9.17) is 4.74 Å². The summed E-state index contributed by atoms with van der Waals surface area (Å²) in [5.41, 5.74) is 2.53. The van der Waals surface area contributed by atoms with Crippen LogP contribution in [0, 0.1) is 6.92 Å². The number of methoxy groups -OCH3 is 1. The zero-order valence-electron chi connectivity index (χ0n) is 13.6. The summed E-state index contributed by atoms with van der Waals surface area (Å²) in [6.45, 7) is 6.39. The van der Waals surface area contributed by atoms with Crippen LogP contribution in [-0.2, 0) is 11.3 Å². The van der Waals surface area contributed by atoms with Gasteiger partial charge < -0.3 is 20.3 Å². The molecular weight excluding hydrogens is 264 g/mol. The quantitative estimate of drug-likeness (QED) is 0.559. The molecule has 5 nitrogen and oxygen atoms in total. The minimum absolute atomic E-state index is 0.761. The molecule has 21 heavy (non-hydrogen) atoms. The van der Waals surface area contributed by atoms with Gasteiger partial charge in [-0.3, -0.25) is 4.99 Å². The van der Waals surface area contributed by atoms with E-state index in [2.05, 4.69) is 58.8 Å². The van der Waals surface area contributed by atoms with Crippen molar-refractivity contribution in [2.75, 3.05) is 47.4 Å². The molecule has 0 aromatic heterocycles. The smallest absolute Gasteiger partial charge is 0.191 e. The van der Waals surface area contributed by atoms with Gasteiger partial charge in [-0.2, -0.15) is 0 Å². The fourth-order valence-electron chi connectivity index (χ4n) is 1.95. The molecule has 0 amide bonds. The van der Waals surface area contributed by atoms with Crippen molar-refractivity contribution < 1.29 is 4.74 Å². The molecule has 0 atom stereocenters. The van der Waals surface area contributed by atoms with E-state index in [1.165, 1.54) is 11.1 Å². The van der Waals surface area contributed by atoms with Crippen molar-refractivity contribution in [3.8, 4) is 0 Å². The van der Waals surface area contributed by atoms with Crippen LogP contribution >= 0.6 is 0 Å². The summed E-state index contributed by atoms with van der Waals surface area (Å²) in [5.74, 6) is 0.830. The molecule has 0 spiro atoms. The first-order chi connectivity index (χ1) is 10.2. The van der Waals surface area contributed by atoms with E-state index in [0.29, 0.717) is 0 Å². The lowest BCUT2D eigenvalue weighted by molar-refractivity contribution is 0.162. The molecule has 5 heteroatoms. The van der Waals surface area contributed by atoms with E-state index in [1.807, 2.05) is 0 Å². The SMILES string of the molecule is CN=C(NCCN(C)CCOC)NCc1cccc(C)c1. The molecule has 0 aliphatic carbocycles. The molecule has 1 rings (SSSR count). The summed E-state index contributed by atoms with van der Waals surface area (Å²) < 4.78 is 5.06. The second-order valence-electron chi connectivity index (χ2n) is 5.14. The van der Waals surface area contributed by atoms with Gasteiger partial charge in [-0.05, 0) is 19.5 Å². The molecule has 0 saturated carbocycles. The van der Waals surface area contributed by atoms with Gasteiger partial charge in [0.05, 0.1) is 6.61 Å². The number of likely N-dealkylation sites (N-methyl/N-ethyl adjacent to an activating group) is 1. The Bertz CT molecular complexity index is 434. The topological polar surface area (TPSA) is 48.9 Å². The highest BCUT2D eigenvalue weighted by Crippen LogP contribution is 2.02. The van der Waals surface area contributed by atoms with E-state index in [-0.39, 0.29) is 0 Å². The molecule has 2 N–H and O–H groups in total. The van der Waals surface area contributed by atoms with Crippen molar-refractivity contribution in [2.45, 2.75) is 13.5 Å². The van der Waals surface area contributed by atoms with E-state index in [0.717, 1.165) is 38.7 Å². The predicted molar refractivity (Wildman–Crippen MR) is 88.8 cm³/mol. The van der Waals surface area contributed by atoms with Crippen LogP contribution in [0.25, 0.3) is 0 Å². The third-order valence-corrected chi connectivity index (χ3v) is 3.23. The Labute approximate surface area is 128 Å². The number of benzene rings is 1. The molecule has 0 aliphatic rings. The third-order valence-electron chi connectivity index (χ3n) is 3.23. The lowest BCUT2D eigenvalue weighted by Crippen LogP contribution is -2.41. The van der Waals surface area contributed by atoms with Gasteiger partial charge in [0.1, 0.15) is 0 Å². The summed E-state index contributed by atoms with van der Waals surface area (Å²) >= 11 is 0. The summed E-state index contributed by atoms with van der Waals surface area (Å²) in [7, 11) is 5.60. The van der Waals surface area contributed by atoms with Crippen LogP contribution in [0.3, 0.4) is 0 Å². The molecule has 1 aromatic carbocycles. The van der Waals surface area contributed by atoms with Crippen LogP contribution in [0.2, 0.25) is 0 Å². The zero-order valence-corrected chi connectivity index (χ0v) is 13.6. The summed E-state index contributed by atoms with van der Waals surface area (Å²) in [4.78, 5) is 6.46. The maximum atomic E-state index is 5.06. The molecule has 0 unspecified atom stereocenters. The molecule has 118 valence electrons. The van der Waals surface area contributed by atoms with Crippen molar-refractivity contribution in [2.24, 2.45) is 4.99 Å². The summed E-state index contributed by atoms with van der Waals surface area (Å²) in [6, 6.07) is 8.48. The van der Waals surface area contributed by atoms with Gasteiger partial charge in [-0.25, -0.2) is 0 Å². The van der Waals surface area contributed by atoms with Crippen LogP contribution in [0.5, 0.6) is 0 Å². The first kappa shape index (κ1) is 17.5. The Morgan fingerprint density at radius 3 is 2.76 bits per heavy atom. The van der Waals surface area contributed by atoms with Crippen LogP contribution in [0.1, 0.15) is 11.1 Å². The second kappa shape index (κ2) is 10.2. The molecule has 0 saturated heterocycles. The highest BCUT2D eigenvalue weighted by atomic mass is 16.5. The van der Waals surface area contributed by atoms with E-state index < -0.39 is 0 Å². The number of hydrogen-bond donors (Lipinski definition) is 2. The first-order valence-corrected chi connectivity index (χ1v) is 7.33. The number of aryl methyl sites for hydroxylation is 1. The highest BCUT2D eigenvalue weighted by molar-refractivity contribution is 5.79. The van der Waals surface area contributed by atoms with Crippen molar-refractivity contribution in [1.29, 1.82) is 0 Å². The van der Waals surface area contributed by atoms with E-state index in [9.17, 15) is 0 Å². The Morgan fingerprint density at radius 2 is 2.10 bits per heavy atom. The monoisotopic (exact) mass is 292 g/mol. The largest absolute Gasteiger partial charge is 0.383 e.